The fourth-order valence-electron chi connectivity index (χ4n) is 4.77. The normalized spacial score (nSPS) is 24.2. The van der Waals surface area contributed by atoms with Gasteiger partial charge in [0.2, 0.25) is 5.91 Å². The van der Waals surface area contributed by atoms with Crippen LogP contribution in [0, 0.1) is 0 Å². The molecule has 1 spiro atoms. The van der Waals surface area contributed by atoms with Crippen molar-refractivity contribution in [3.05, 3.63) is 54.2 Å². The van der Waals surface area contributed by atoms with Gasteiger partial charge in [0.25, 0.3) is 0 Å². The Morgan fingerprint density at radius 2 is 2.04 bits per heavy atom. The van der Waals surface area contributed by atoms with E-state index < -0.39 is 0 Å². The van der Waals surface area contributed by atoms with E-state index in [2.05, 4.69) is 46.9 Å². The summed E-state index contributed by atoms with van der Waals surface area (Å²) in [6.45, 7) is 2.98. The minimum Gasteiger partial charge on any atom is -0.382 e. The van der Waals surface area contributed by atoms with E-state index in [-0.39, 0.29) is 11.3 Å². The number of aryl methyl sites for hydroxylation is 1. The predicted molar refractivity (Wildman–Crippen MR) is 108 cm³/mol. The highest BCUT2D eigenvalue weighted by molar-refractivity contribution is 6.06. The Labute approximate surface area is 158 Å². The summed E-state index contributed by atoms with van der Waals surface area (Å²) in [5.41, 5.74) is 4.14. The molecule has 5 rings (SSSR count). The third kappa shape index (κ3) is 2.52. The van der Waals surface area contributed by atoms with Crippen LogP contribution in [0.1, 0.15) is 38.2 Å². The Hall–Kier alpha value is -2.82. The second-order valence-corrected chi connectivity index (χ2v) is 7.73. The first kappa shape index (κ1) is 16.4. The van der Waals surface area contributed by atoms with E-state index in [1.807, 2.05) is 29.1 Å². The maximum absolute atomic E-state index is 12.7. The van der Waals surface area contributed by atoms with E-state index in [0.717, 1.165) is 43.6 Å². The second-order valence-electron chi connectivity index (χ2n) is 7.73. The van der Waals surface area contributed by atoms with Crippen molar-refractivity contribution >= 4 is 28.2 Å². The van der Waals surface area contributed by atoms with Crippen molar-refractivity contribution in [1.29, 1.82) is 0 Å². The molecule has 1 saturated carbocycles. The van der Waals surface area contributed by atoms with Gasteiger partial charge < -0.3 is 10.6 Å². The van der Waals surface area contributed by atoms with Crippen LogP contribution < -0.4 is 10.6 Å². The number of para-hydroxylation sites is 1. The number of nitrogens with one attached hydrogen (secondary N) is 2. The number of hydrogen-bond donors (Lipinski definition) is 2. The maximum Gasteiger partial charge on any atom is 0.235 e. The molecule has 0 radical (unpaired) electrons. The summed E-state index contributed by atoms with van der Waals surface area (Å²) in [6.07, 6.45) is 5.69. The van der Waals surface area contributed by atoms with Gasteiger partial charge in [-0.1, -0.05) is 18.2 Å². The molecule has 27 heavy (non-hydrogen) atoms. The van der Waals surface area contributed by atoms with Crippen molar-refractivity contribution in [2.75, 3.05) is 10.6 Å². The van der Waals surface area contributed by atoms with Gasteiger partial charge in [-0.25, -0.2) is 0 Å². The molecule has 0 saturated heterocycles. The van der Waals surface area contributed by atoms with E-state index in [9.17, 15) is 4.79 Å². The minimum absolute atomic E-state index is 0.176. The van der Waals surface area contributed by atoms with Crippen LogP contribution in [-0.4, -0.2) is 21.7 Å². The third-order valence-electron chi connectivity index (χ3n) is 6.28. The Balaban J connectivity index is 1.34. The zero-order valence-corrected chi connectivity index (χ0v) is 15.5. The van der Waals surface area contributed by atoms with E-state index in [1.54, 1.807) is 0 Å². The molecule has 0 atom stereocenters. The number of nitrogens with zero attached hydrogens (tertiary/aromatic N) is 2. The van der Waals surface area contributed by atoms with Crippen LogP contribution >= 0.6 is 0 Å². The summed E-state index contributed by atoms with van der Waals surface area (Å²) < 4.78 is 2.02. The standard InChI is InChI=1S/C22H24N4O/c1-2-26-20-13-17(8-7-15(20)14-23-26)24-16-9-11-22(12-10-16)18-5-3-4-6-19(18)25-21(22)27/h3-8,13-14,16,24H,2,9-12H2,1H3,(H,25,27). The maximum atomic E-state index is 12.7. The molecule has 0 bridgehead atoms. The highest BCUT2D eigenvalue weighted by atomic mass is 16.2. The van der Waals surface area contributed by atoms with Crippen molar-refractivity contribution in [2.45, 2.75) is 50.6 Å². The highest BCUT2D eigenvalue weighted by Gasteiger charge is 2.48. The van der Waals surface area contributed by atoms with Crippen LogP contribution in [0.15, 0.2) is 48.7 Å². The molecule has 2 heterocycles. The Morgan fingerprint density at radius 3 is 2.85 bits per heavy atom. The summed E-state index contributed by atoms with van der Waals surface area (Å²) in [5, 5.41) is 12.4. The number of benzene rings is 2. The summed E-state index contributed by atoms with van der Waals surface area (Å²) in [4.78, 5) is 12.7. The lowest BCUT2D eigenvalue weighted by atomic mass is 9.69. The van der Waals surface area contributed by atoms with Gasteiger partial charge in [0.05, 0.1) is 17.1 Å². The molecule has 2 aliphatic rings. The number of anilines is 2. The first-order valence-corrected chi connectivity index (χ1v) is 9.83. The van der Waals surface area contributed by atoms with Crippen molar-refractivity contribution in [3.8, 4) is 0 Å². The quantitative estimate of drug-likeness (QED) is 0.732. The number of amides is 1. The molecule has 5 heteroatoms. The first-order valence-electron chi connectivity index (χ1n) is 9.83. The lowest BCUT2D eigenvalue weighted by Gasteiger charge is -2.36. The molecule has 2 N–H and O–H groups in total. The third-order valence-corrected chi connectivity index (χ3v) is 6.28. The van der Waals surface area contributed by atoms with Crippen LogP contribution in [0.3, 0.4) is 0 Å². The van der Waals surface area contributed by atoms with Crippen molar-refractivity contribution in [2.24, 2.45) is 0 Å². The largest absolute Gasteiger partial charge is 0.382 e. The molecule has 138 valence electrons. The Kier molecular flexibility index (Phi) is 3.71. The zero-order chi connectivity index (χ0) is 18.4. The smallest absolute Gasteiger partial charge is 0.235 e. The number of carbonyl (C=O) groups is 1. The Morgan fingerprint density at radius 1 is 1.22 bits per heavy atom. The summed E-state index contributed by atoms with van der Waals surface area (Å²) in [5.74, 6) is 0.176. The van der Waals surface area contributed by atoms with Crippen LogP contribution in [0.2, 0.25) is 0 Å². The van der Waals surface area contributed by atoms with Gasteiger partial charge in [-0.2, -0.15) is 5.10 Å². The number of fused-ring (bicyclic) bond motifs is 3. The molecule has 2 aromatic carbocycles. The lowest BCUT2D eigenvalue weighted by molar-refractivity contribution is -0.122. The summed E-state index contributed by atoms with van der Waals surface area (Å²) in [7, 11) is 0. The minimum atomic E-state index is -0.334. The molecular weight excluding hydrogens is 336 g/mol. The van der Waals surface area contributed by atoms with Crippen LogP contribution in [-0.2, 0) is 16.8 Å². The van der Waals surface area contributed by atoms with Gasteiger partial charge in [0, 0.05) is 29.3 Å². The number of rotatable bonds is 3. The zero-order valence-electron chi connectivity index (χ0n) is 15.5. The fourth-order valence-corrected chi connectivity index (χ4v) is 4.77. The first-order chi connectivity index (χ1) is 13.2. The van der Waals surface area contributed by atoms with Crippen molar-refractivity contribution in [3.63, 3.8) is 0 Å². The van der Waals surface area contributed by atoms with E-state index in [1.165, 1.54) is 16.5 Å². The van der Waals surface area contributed by atoms with Crippen LogP contribution in [0.5, 0.6) is 0 Å². The topological polar surface area (TPSA) is 59.0 Å². The molecule has 1 aliphatic carbocycles. The number of aromatic nitrogens is 2. The van der Waals surface area contributed by atoms with Gasteiger partial charge in [-0.05, 0) is 62.4 Å². The average molecular weight is 360 g/mol. The molecule has 1 fully saturated rings. The van der Waals surface area contributed by atoms with E-state index >= 15 is 0 Å². The summed E-state index contributed by atoms with van der Waals surface area (Å²) >= 11 is 0. The van der Waals surface area contributed by atoms with E-state index in [0.29, 0.717) is 6.04 Å². The molecule has 1 aliphatic heterocycles. The Bertz CT molecular complexity index is 1010. The molecular formula is C22H24N4O. The van der Waals surface area contributed by atoms with Crippen molar-refractivity contribution < 1.29 is 4.79 Å². The van der Waals surface area contributed by atoms with Gasteiger partial charge in [-0.3, -0.25) is 9.48 Å². The van der Waals surface area contributed by atoms with Crippen molar-refractivity contribution in [1.82, 2.24) is 9.78 Å². The molecule has 1 amide bonds. The van der Waals surface area contributed by atoms with Gasteiger partial charge in [-0.15, -0.1) is 0 Å². The van der Waals surface area contributed by atoms with E-state index in [4.69, 9.17) is 0 Å². The number of hydrogen-bond acceptors (Lipinski definition) is 3. The highest BCUT2D eigenvalue weighted by Crippen LogP contribution is 2.47. The second kappa shape index (κ2) is 6.12. The monoisotopic (exact) mass is 360 g/mol. The summed E-state index contributed by atoms with van der Waals surface area (Å²) in [6, 6.07) is 15.0. The molecule has 5 nitrogen and oxygen atoms in total. The van der Waals surface area contributed by atoms with Gasteiger partial charge in [0.1, 0.15) is 0 Å². The fraction of sp³-hybridized carbons (Fsp3) is 0.364. The molecule has 0 unspecified atom stereocenters. The van der Waals surface area contributed by atoms with Crippen LogP contribution in [0.4, 0.5) is 11.4 Å². The van der Waals surface area contributed by atoms with Gasteiger partial charge in [0.15, 0.2) is 0 Å². The average Bonchev–Trinajstić information content (AvgIpc) is 3.22. The molecule has 1 aromatic heterocycles. The van der Waals surface area contributed by atoms with Crippen LogP contribution in [0.25, 0.3) is 10.9 Å². The SMILES string of the molecule is CCn1ncc2ccc(NC3CCC4(CC3)C(=O)Nc3ccccc34)cc21. The predicted octanol–water partition coefficient (Wildman–Crippen LogP) is 4.30. The number of carbonyl (C=O) groups excluding carboxylic acids is 1. The lowest BCUT2D eigenvalue weighted by Crippen LogP contribution is -2.41. The molecule has 3 aromatic rings. The van der Waals surface area contributed by atoms with Gasteiger partial charge >= 0.3 is 0 Å².